The lowest BCUT2D eigenvalue weighted by atomic mass is 10.1. The first-order valence-electron chi connectivity index (χ1n) is 6.53. The molecule has 5 nitrogen and oxygen atoms in total. The molecule has 0 amide bonds. The molecule has 0 fully saturated rings. The molecule has 0 aliphatic rings. The molecule has 20 heavy (non-hydrogen) atoms. The second kappa shape index (κ2) is 7.75. The number of methoxy groups -OCH3 is 2. The van der Waals surface area contributed by atoms with Crippen LogP contribution in [0.5, 0.6) is 11.5 Å². The van der Waals surface area contributed by atoms with Crippen molar-refractivity contribution in [3.63, 3.8) is 0 Å². The maximum Gasteiger partial charge on any atom is 0.333 e. The van der Waals surface area contributed by atoms with Gasteiger partial charge in [-0.05, 0) is 24.1 Å². The van der Waals surface area contributed by atoms with Gasteiger partial charge in [0.1, 0.15) is 11.5 Å². The average Bonchev–Trinajstić information content (AvgIpc) is 2.42. The van der Waals surface area contributed by atoms with E-state index in [0.29, 0.717) is 18.1 Å². The zero-order valence-electron chi connectivity index (χ0n) is 12.4. The fourth-order valence-electron chi connectivity index (χ4n) is 1.77. The second-order valence-electron chi connectivity index (χ2n) is 4.94. The van der Waals surface area contributed by atoms with E-state index in [2.05, 4.69) is 0 Å². The first kappa shape index (κ1) is 16.3. The topological polar surface area (TPSA) is 65.0 Å². The van der Waals surface area contributed by atoms with E-state index in [-0.39, 0.29) is 12.3 Å². The Bertz CT molecular complexity index is 442. The molecule has 0 aliphatic carbocycles. The van der Waals surface area contributed by atoms with Crippen molar-refractivity contribution < 1.29 is 24.1 Å². The van der Waals surface area contributed by atoms with Crippen LogP contribution < -0.4 is 9.47 Å². The minimum Gasteiger partial charge on any atom is -0.497 e. The van der Waals surface area contributed by atoms with Crippen molar-refractivity contribution >= 4 is 5.97 Å². The van der Waals surface area contributed by atoms with E-state index in [1.807, 2.05) is 13.8 Å². The lowest BCUT2D eigenvalue weighted by Crippen LogP contribution is -2.28. The van der Waals surface area contributed by atoms with Gasteiger partial charge in [-0.3, -0.25) is 0 Å². The van der Waals surface area contributed by atoms with Gasteiger partial charge in [0.15, 0.2) is 6.10 Å². The Kier molecular flexibility index (Phi) is 6.31. The Labute approximate surface area is 119 Å². The summed E-state index contributed by atoms with van der Waals surface area (Å²) in [7, 11) is 3.12. The first-order valence-corrected chi connectivity index (χ1v) is 6.53. The van der Waals surface area contributed by atoms with Gasteiger partial charge in [0.25, 0.3) is 0 Å². The number of aliphatic carboxylic acids is 1. The number of carboxylic acid groups (broad SMARTS) is 1. The highest BCUT2D eigenvalue weighted by Gasteiger charge is 2.21. The molecule has 5 heteroatoms. The number of hydrogen-bond acceptors (Lipinski definition) is 4. The zero-order chi connectivity index (χ0) is 15.1. The van der Waals surface area contributed by atoms with Gasteiger partial charge in [-0.1, -0.05) is 13.8 Å². The van der Waals surface area contributed by atoms with Crippen LogP contribution in [0, 0.1) is 5.92 Å². The van der Waals surface area contributed by atoms with Gasteiger partial charge >= 0.3 is 5.97 Å². The highest BCUT2D eigenvalue weighted by atomic mass is 16.5. The van der Waals surface area contributed by atoms with Gasteiger partial charge in [-0.2, -0.15) is 0 Å². The molecule has 0 aromatic heterocycles. The molecule has 1 aromatic rings. The third-order valence-corrected chi connectivity index (χ3v) is 2.80. The normalized spacial score (nSPS) is 12.2. The number of ether oxygens (including phenoxy) is 3. The van der Waals surface area contributed by atoms with Crippen LogP contribution in [-0.4, -0.2) is 38.0 Å². The Morgan fingerprint density at radius 2 is 1.95 bits per heavy atom. The molecule has 0 aliphatic heterocycles. The number of carboxylic acids is 1. The van der Waals surface area contributed by atoms with Crippen molar-refractivity contribution in [2.75, 3.05) is 20.8 Å². The standard InChI is InChI=1S/C15H22O5/c1-10(2)9-20-14(15(16)17)8-11-7-12(18-3)5-6-13(11)19-4/h5-7,10,14H,8-9H2,1-4H3,(H,16,17). The van der Waals surface area contributed by atoms with Gasteiger partial charge in [-0.25, -0.2) is 4.79 Å². The highest BCUT2D eigenvalue weighted by Crippen LogP contribution is 2.25. The third kappa shape index (κ3) is 4.74. The molecular weight excluding hydrogens is 260 g/mol. The van der Waals surface area contributed by atoms with Crippen molar-refractivity contribution in [1.29, 1.82) is 0 Å². The molecule has 1 unspecified atom stereocenters. The van der Waals surface area contributed by atoms with Gasteiger partial charge in [0, 0.05) is 12.0 Å². The predicted molar refractivity (Wildman–Crippen MR) is 75.5 cm³/mol. The van der Waals surface area contributed by atoms with Crippen LogP contribution >= 0.6 is 0 Å². The highest BCUT2D eigenvalue weighted by molar-refractivity contribution is 5.73. The van der Waals surface area contributed by atoms with Crippen LogP contribution in [0.4, 0.5) is 0 Å². The minimum absolute atomic E-state index is 0.239. The number of carbonyl (C=O) groups is 1. The van der Waals surface area contributed by atoms with E-state index in [4.69, 9.17) is 14.2 Å². The molecule has 1 aromatic carbocycles. The smallest absolute Gasteiger partial charge is 0.333 e. The molecule has 0 saturated heterocycles. The zero-order valence-corrected chi connectivity index (χ0v) is 12.4. The molecule has 1 atom stereocenters. The maximum atomic E-state index is 11.3. The van der Waals surface area contributed by atoms with Crippen LogP contribution in [0.1, 0.15) is 19.4 Å². The van der Waals surface area contributed by atoms with Crippen molar-refractivity contribution in [2.45, 2.75) is 26.4 Å². The summed E-state index contributed by atoms with van der Waals surface area (Å²) >= 11 is 0. The summed E-state index contributed by atoms with van der Waals surface area (Å²) in [6.07, 6.45) is -0.652. The second-order valence-corrected chi connectivity index (χ2v) is 4.94. The van der Waals surface area contributed by atoms with Crippen molar-refractivity contribution in [2.24, 2.45) is 5.92 Å². The van der Waals surface area contributed by atoms with Gasteiger partial charge < -0.3 is 19.3 Å². The van der Waals surface area contributed by atoms with E-state index in [1.54, 1.807) is 32.4 Å². The summed E-state index contributed by atoms with van der Waals surface area (Å²) in [5.74, 6) is 0.596. The molecule has 0 spiro atoms. The Morgan fingerprint density at radius 1 is 1.25 bits per heavy atom. The summed E-state index contributed by atoms with van der Waals surface area (Å²) in [6, 6.07) is 5.30. The van der Waals surface area contributed by atoms with Crippen LogP contribution in [0.15, 0.2) is 18.2 Å². The number of benzene rings is 1. The van der Waals surface area contributed by atoms with E-state index < -0.39 is 12.1 Å². The predicted octanol–water partition coefficient (Wildman–Crippen LogP) is 2.37. The van der Waals surface area contributed by atoms with Crippen LogP contribution in [0.3, 0.4) is 0 Å². The Balaban J connectivity index is 2.88. The van der Waals surface area contributed by atoms with E-state index in [0.717, 1.165) is 5.56 Å². The van der Waals surface area contributed by atoms with Crippen molar-refractivity contribution in [1.82, 2.24) is 0 Å². The Morgan fingerprint density at radius 3 is 2.45 bits per heavy atom. The molecule has 0 heterocycles. The van der Waals surface area contributed by atoms with Crippen LogP contribution in [0.25, 0.3) is 0 Å². The molecule has 0 saturated carbocycles. The first-order chi connectivity index (χ1) is 9.47. The quantitative estimate of drug-likeness (QED) is 0.793. The molecule has 1 rings (SSSR count). The fourth-order valence-corrected chi connectivity index (χ4v) is 1.77. The van der Waals surface area contributed by atoms with Crippen LogP contribution in [-0.2, 0) is 16.0 Å². The minimum atomic E-state index is -0.976. The van der Waals surface area contributed by atoms with E-state index >= 15 is 0 Å². The van der Waals surface area contributed by atoms with Gasteiger partial charge in [-0.15, -0.1) is 0 Å². The largest absolute Gasteiger partial charge is 0.497 e. The van der Waals surface area contributed by atoms with Gasteiger partial charge in [0.2, 0.25) is 0 Å². The van der Waals surface area contributed by atoms with E-state index in [9.17, 15) is 9.90 Å². The fraction of sp³-hybridized carbons (Fsp3) is 0.533. The lowest BCUT2D eigenvalue weighted by Gasteiger charge is -2.17. The maximum absolute atomic E-state index is 11.3. The van der Waals surface area contributed by atoms with Crippen molar-refractivity contribution in [3.05, 3.63) is 23.8 Å². The summed E-state index contributed by atoms with van der Waals surface area (Å²) < 4.78 is 15.8. The molecule has 0 bridgehead atoms. The summed E-state index contributed by atoms with van der Waals surface area (Å²) in [6.45, 7) is 4.36. The van der Waals surface area contributed by atoms with Crippen molar-refractivity contribution in [3.8, 4) is 11.5 Å². The Hall–Kier alpha value is -1.75. The SMILES string of the molecule is COc1ccc(OC)c(CC(OCC(C)C)C(=O)O)c1. The summed E-state index contributed by atoms with van der Waals surface area (Å²) in [5, 5.41) is 9.24. The lowest BCUT2D eigenvalue weighted by molar-refractivity contribution is -0.150. The average molecular weight is 282 g/mol. The number of rotatable bonds is 8. The molecule has 0 radical (unpaired) electrons. The molecular formula is C15H22O5. The molecule has 112 valence electrons. The third-order valence-electron chi connectivity index (χ3n) is 2.80. The van der Waals surface area contributed by atoms with Crippen LogP contribution in [0.2, 0.25) is 0 Å². The number of hydrogen-bond donors (Lipinski definition) is 1. The monoisotopic (exact) mass is 282 g/mol. The van der Waals surface area contributed by atoms with Gasteiger partial charge in [0.05, 0.1) is 20.8 Å². The van der Waals surface area contributed by atoms with E-state index in [1.165, 1.54) is 0 Å². The molecule has 1 N–H and O–H groups in total. The summed E-state index contributed by atoms with van der Waals surface area (Å²) in [5.41, 5.74) is 0.753. The summed E-state index contributed by atoms with van der Waals surface area (Å²) in [4.78, 5) is 11.3.